The maximum atomic E-state index is 12.8. The molecule has 0 saturated heterocycles. The number of amides is 1. The van der Waals surface area contributed by atoms with Crippen LogP contribution < -0.4 is 10.6 Å². The smallest absolute Gasteiger partial charge is 0.250 e. The summed E-state index contributed by atoms with van der Waals surface area (Å²) in [7, 11) is 0. The Kier molecular flexibility index (Phi) is 6.09. The Morgan fingerprint density at radius 2 is 1.61 bits per heavy atom. The van der Waals surface area contributed by atoms with E-state index in [-0.39, 0.29) is 5.78 Å². The van der Waals surface area contributed by atoms with Gasteiger partial charge >= 0.3 is 0 Å². The molecule has 1 amide bonds. The van der Waals surface area contributed by atoms with Gasteiger partial charge in [-0.1, -0.05) is 48.0 Å². The topological polar surface area (TPSA) is 78.4 Å². The summed E-state index contributed by atoms with van der Waals surface area (Å²) in [6.45, 7) is 1.28. The quantitative estimate of drug-likeness (QED) is 0.536. The van der Waals surface area contributed by atoms with Gasteiger partial charge in [0.1, 0.15) is 6.61 Å². The summed E-state index contributed by atoms with van der Waals surface area (Å²) in [5.74, 6) is -0.642. The Balaban J connectivity index is 1.85. The predicted octanol–water partition coefficient (Wildman–Crippen LogP) is 4.55. The van der Waals surface area contributed by atoms with Crippen molar-refractivity contribution in [2.45, 2.75) is 6.92 Å². The van der Waals surface area contributed by atoms with Crippen molar-refractivity contribution in [3.63, 3.8) is 0 Å². The molecule has 3 rings (SSSR count). The molecule has 0 saturated carbocycles. The number of nitrogens with one attached hydrogen (secondary N) is 2. The van der Waals surface area contributed by atoms with Crippen LogP contribution in [-0.2, 0) is 4.79 Å². The highest BCUT2D eigenvalue weighted by Gasteiger charge is 2.15. The second-order valence-electron chi connectivity index (χ2n) is 6.22. The van der Waals surface area contributed by atoms with Gasteiger partial charge in [0.25, 0.3) is 0 Å². The number of halogens is 1. The summed E-state index contributed by atoms with van der Waals surface area (Å²) in [4.78, 5) is 24.3. The second-order valence-corrected chi connectivity index (χ2v) is 6.62. The third-order valence-electron chi connectivity index (χ3n) is 4.23. The molecule has 0 bridgehead atoms. The Morgan fingerprint density at radius 3 is 2.29 bits per heavy atom. The fourth-order valence-corrected chi connectivity index (χ4v) is 3.06. The molecular formula is C22H19ClN2O3. The van der Waals surface area contributed by atoms with Gasteiger partial charge < -0.3 is 15.7 Å². The van der Waals surface area contributed by atoms with Gasteiger partial charge in [-0.25, -0.2) is 0 Å². The fraction of sp³-hybridized carbons (Fsp3) is 0.0909. The molecule has 3 aromatic rings. The molecule has 0 unspecified atom stereocenters. The van der Waals surface area contributed by atoms with Gasteiger partial charge in [0, 0.05) is 16.8 Å². The molecule has 142 valence electrons. The summed E-state index contributed by atoms with van der Waals surface area (Å²) in [6, 6.07) is 19.5. The fourth-order valence-electron chi connectivity index (χ4n) is 2.80. The third kappa shape index (κ3) is 4.39. The van der Waals surface area contributed by atoms with Gasteiger partial charge in [0.15, 0.2) is 5.78 Å². The lowest BCUT2D eigenvalue weighted by atomic mass is 9.99. The van der Waals surface area contributed by atoms with Crippen LogP contribution in [-0.4, -0.2) is 23.4 Å². The molecule has 0 heterocycles. The van der Waals surface area contributed by atoms with E-state index in [1.54, 1.807) is 42.5 Å². The summed E-state index contributed by atoms with van der Waals surface area (Å²) >= 11 is 6.38. The molecule has 0 aliphatic carbocycles. The van der Waals surface area contributed by atoms with Crippen LogP contribution in [0.2, 0.25) is 5.02 Å². The van der Waals surface area contributed by atoms with Crippen molar-refractivity contribution in [1.29, 1.82) is 0 Å². The number of para-hydroxylation sites is 2. The molecular weight excluding hydrogens is 376 g/mol. The maximum absolute atomic E-state index is 12.8. The summed E-state index contributed by atoms with van der Waals surface area (Å²) in [5, 5.41) is 15.0. The van der Waals surface area contributed by atoms with Crippen molar-refractivity contribution in [3.05, 3.63) is 88.4 Å². The van der Waals surface area contributed by atoms with Crippen LogP contribution in [0.4, 0.5) is 17.1 Å². The predicted molar refractivity (Wildman–Crippen MR) is 112 cm³/mol. The first-order valence-electron chi connectivity index (χ1n) is 8.66. The number of ketones is 1. The molecule has 0 aliphatic rings. The van der Waals surface area contributed by atoms with Crippen LogP contribution in [0.1, 0.15) is 21.5 Å². The van der Waals surface area contributed by atoms with Crippen LogP contribution >= 0.6 is 11.6 Å². The summed E-state index contributed by atoms with van der Waals surface area (Å²) in [5.41, 5.74) is 3.75. The van der Waals surface area contributed by atoms with E-state index in [0.29, 0.717) is 33.2 Å². The van der Waals surface area contributed by atoms with Crippen LogP contribution in [0, 0.1) is 6.92 Å². The number of rotatable bonds is 6. The average Bonchev–Trinajstić information content (AvgIpc) is 2.69. The number of carbonyl (C=O) groups is 2. The highest BCUT2D eigenvalue weighted by molar-refractivity contribution is 6.35. The minimum Gasteiger partial charge on any atom is -0.387 e. The molecule has 28 heavy (non-hydrogen) atoms. The SMILES string of the molecule is Cc1ccccc1C(=O)c1ccc(Nc2ccccc2NC(=O)CO)cc1Cl. The van der Waals surface area contributed by atoms with Crippen molar-refractivity contribution in [2.24, 2.45) is 0 Å². The molecule has 0 spiro atoms. The molecule has 0 radical (unpaired) electrons. The number of aliphatic hydroxyl groups is 1. The standard InChI is InChI=1S/C22H19ClN2O3/c1-14-6-2-3-7-16(14)22(28)17-11-10-15(12-18(17)23)24-19-8-4-5-9-20(19)25-21(27)13-26/h2-12,24,26H,13H2,1H3,(H,25,27). The monoisotopic (exact) mass is 394 g/mol. The average molecular weight is 395 g/mol. The molecule has 3 N–H and O–H groups in total. The lowest BCUT2D eigenvalue weighted by molar-refractivity contribution is -0.118. The van der Waals surface area contributed by atoms with Crippen molar-refractivity contribution < 1.29 is 14.7 Å². The molecule has 0 atom stereocenters. The van der Waals surface area contributed by atoms with E-state index in [1.165, 1.54) is 0 Å². The van der Waals surface area contributed by atoms with Crippen LogP contribution in [0.15, 0.2) is 66.7 Å². The molecule has 3 aromatic carbocycles. The Bertz CT molecular complexity index is 1030. The molecule has 5 nitrogen and oxygen atoms in total. The highest BCUT2D eigenvalue weighted by atomic mass is 35.5. The minimum absolute atomic E-state index is 0.134. The molecule has 6 heteroatoms. The zero-order chi connectivity index (χ0) is 20.1. The molecule has 0 fully saturated rings. The number of aliphatic hydroxyl groups excluding tert-OH is 1. The maximum Gasteiger partial charge on any atom is 0.250 e. The van der Waals surface area contributed by atoms with E-state index >= 15 is 0 Å². The first-order chi connectivity index (χ1) is 13.5. The number of hydrogen-bond acceptors (Lipinski definition) is 4. The van der Waals surface area contributed by atoms with E-state index < -0.39 is 12.5 Å². The van der Waals surface area contributed by atoms with E-state index in [0.717, 1.165) is 5.56 Å². The van der Waals surface area contributed by atoms with Gasteiger partial charge in [-0.2, -0.15) is 0 Å². The number of benzene rings is 3. The van der Waals surface area contributed by atoms with Crippen molar-refractivity contribution in [3.8, 4) is 0 Å². The van der Waals surface area contributed by atoms with Gasteiger partial charge in [0.05, 0.1) is 16.4 Å². The zero-order valence-corrected chi connectivity index (χ0v) is 16.0. The Hall–Kier alpha value is -3.15. The van der Waals surface area contributed by atoms with Crippen LogP contribution in [0.3, 0.4) is 0 Å². The lowest BCUT2D eigenvalue weighted by Gasteiger charge is -2.14. The summed E-state index contributed by atoms with van der Waals surface area (Å²) < 4.78 is 0. The normalized spacial score (nSPS) is 10.4. The van der Waals surface area contributed by atoms with Crippen LogP contribution in [0.5, 0.6) is 0 Å². The number of carbonyl (C=O) groups excluding carboxylic acids is 2. The van der Waals surface area contributed by atoms with E-state index in [4.69, 9.17) is 16.7 Å². The van der Waals surface area contributed by atoms with E-state index in [1.807, 2.05) is 31.2 Å². The Morgan fingerprint density at radius 1 is 0.929 bits per heavy atom. The van der Waals surface area contributed by atoms with Crippen molar-refractivity contribution in [1.82, 2.24) is 0 Å². The lowest BCUT2D eigenvalue weighted by Crippen LogP contribution is -2.16. The number of hydrogen-bond donors (Lipinski definition) is 3. The van der Waals surface area contributed by atoms with Crippen molar-refractivity contribution in [2.75, 3.05) is 17.2 Å². The first-order valence-corrected chi connectivity index (χ1v) is 9.04. The number of aryl methyl sites for hydroxylation is 1. The van der Waals surface area contributed by atoms with E-state index in [9.17, 15) is 9.59 Å². The van der Waals surface area contributed by atoms with Gasteiger partial charge in [-0.05, 0) is 42.8 Å². The second kappa shape index (κ2) is 8.69. The van der Waals surface area contributed by atoms with Crippen molar-refractivity contribution >= 4 is 40.4 Å². The third-order valence-corrected chi connectivity index (χ3v) is 4.54. The Labute approximate surface area is 168 Å². The molecule has 0 aromatic heterocycles. The molecule has 0 aliphatic heterocycles. The van der Waals surface area contributed by atoms with Gasteiger partial charge in [-0.3, -0.25) is 9.59 Å². The largest absolute Gasteiger partial charge is 0.387 e. The highest BCUT2D eigenvalue weighted by Crippen LogP contribution is 2.29. The first kappa shape index (κ1) is 19.6. The number of anilines is 3. The minimum atomic E-state index is -0.601. The zero-order valence-electron chi connectivity index (χ0n) is 15.2. The van der Waals surface area contributed by atoms with Gasteiger partial charge in [0.2, 0.25) is 5.91 Å². The van der Waals surface area contributed by atoms with E-state index in [2.05, 4.69) is 10.6 Å². The summed E-state index contributed by atoms with van der Waals surface area (Å²) in [6.07, 6.45) is 0. The van der Waals surface area contributed by atoms with Crippen LogP contribution in [0.25, 0.3) is 0 Å². The van der Waals surface area contributed by atoms with Gasteiger partial charge in [-0.15, -0.1) is 0 Å².